The van der Waals surface area contributed by atoms with E-state index in [0.717, 1.165) is 72.4 Å². The third kappa shape index (κ3) is 3.88. The minimum Gasteiger partial charge on any atom is -0.497 e. The normalized spacial score (nSPS) is 23.3. The smallest absolute Gasteiger partial charge is 0.141 e. The average Bonchev–Trinajstić information content (AvgIpc) is 2.67. The Morgan fingerprint density at radius 2 is 1.48 bits per heavy atom. The first-order chi connectivity index (χ1) is 13.0. The van der Waals surface area contributed by atoms with E-state index in [1.807, 2.05) is 12.1 Å². The summed E-state index contributed by atoms with van der Waals surface area (Å²) in [6, 6.07) is 8.05. The molecule has 0 aromatic heterocycles. The van der Waals surface area contributed by atoms with Gasteiger partial charge in [-0.25, -0.2) is 0 Å². The molecule has 1 aromatic rings. The van der Waals surface area contributed by atoms with Crippen LogP contribution in [0.25, 0.3) is 5.57 Å². The van der Waals surface area contributed by atoms with Crippen LogP contribution in [0.1, 0.15) is 56.9 Å². The van der Waals surface area contributed by atoms with Crippen molar-refractivity contribution in [2.24, 2.45) is 0 Å². The molecule has 1 atom stereocenters. The van der Waals surface area contributed by atoms with Crippen molar-refractivity contribution in [3.05, 3.63) is 45.9 Å². The van der Waals surface area contributed by atoms with E-state index < -0.39 is 21.0 Å². The summed E-state index contributed by atoms with van der Waals surface area (Å²) in [5.74, 6) is 0.810. The van der Waals surface area contributed by atoms with Gasteiger partial charge in [-0.1, -0.05) is 12.1 Å². The monoisotopic (exact) mass is 410 g/mol. The fraction of sp³-hybridized carbons (Fsp3) is 0.450. The number of hydrogen-bond acceptors (Lipinski definition) is 5. The van der Waals surface area contributed by atoms with Crippen LogP contribution in [0.2, 0.25) is 0 Å². The highest BCUT2D eigenvalue weighted by Crippen LogP contribution is 2.53. The van der Waals surface area contributed by atoms with Crippen LogP contribution >= 0.6 is 10.8 Å². The summed E-state index contributed by atoms with van der Waals surface area (Å²) in [4.78, 5) is 2.03. The minimum atomic E-state index is -4.45. The maximum Gasteiger partial charge on any atom is 0.141 e. The number of fused-ring (bicyclic) bond motifs is 1. The molecule has 1 unspecified atom stereocenters. The number of halogens is 1. The second-order valence-electron chi connectivity index (χ2n) is 7.03. The molecule has 4 rings (SSSR count). The standard InChI is InChI=1S/C20H23ClO5S/c1-25-15-12-10-14(11-13-15)20-16-6-2-4-8-18(16)27(26-21(22,23)24)19-9-5-3-7-17(19)20/h10-13H,2-9H2,1H3. The van der Waals surface area contributed by atoms with Crippen LogP contribution in [0.3, 0.4) is 0 Å². The van der Waals surface area contributed by atoms with E-state index in [0.29, 0.717) is 0 Å². The third-order valence-corrected chi connectivity index (χ3v) is 8.32. The first-order valence-electron chi connectivity index (χ1n) is 9.29. The highest BCUT2D eigenvalue weighted by molar-refractivity contribution is 8.15. The molecule has 1 saturated carbocycles. The SMILES string of the molecule is COc1ccc(C2=C3CCCCC3=S(O[Cl+3]([O-])([O-])[O-])C3=C2CCCC3)cc1. The van der Waals surface area contributed by atoms with Gasteiger partial charge >= 0.3 is 0 Å². The summed E-state index contributed by atoms with van der Waals surface area (Å²) in [6.07, 6.45) is 7.52. The van der Waals surface area contributed by atoms with Crippen molar-refractivity contribution in [2.45, 2.75) is 51.4 Å². The maximum absolute atomic E-state index is 11.4. The van der Waals surface area contributed by atoms with Crippen LogP contribution in [0, 0.1) is 10.2 Å². The van der Waals surface area contributed by atoms with Gasteiger partial charge in [-0.05, 0) is 85.8 Å². The Balaban J connectivity index is 1.91. The maximum atomic E-state index is 11.4. The predicted octanol–water partition coefficient (Wildman–Crippen LogP) is 2.13. The van der Waals surface area contributed by atoms with Crippen molar-refractivity contribution in [1.82, 2.24) is 0 Å². The van der Waals surface area contributed by atoms with E-state index in [1.54, 1.807) is 7.11 Å². The van der Waals surface area contributed by atoms with Crippen LogP contribution in [0.15, 0.2) is 40.3 Å². The largest absolute Gasteiger partial charge is 0.497 e. The summed E-state index contributed by atoms with van der Waals surface area (Å²) in [5, 5.41) is 0. The molecule has 7 heteroatoms. The molecular formula is C20H23ClO5S. The molecule has 1 fully saturated rings. The van der Waals surface area contributed by atoms with Gasteiger partial charge in [0.2, 0.25) is 0 Å². The zero-order valence-electron chi connectivity index (χ0n) is 15.3. The van der Waals surface area contributed by atoms with E-state index >= 15 is 0 Å². The van der Waals surface area contributed by atoms with Crippen LogP contribution < -0.4 is 18.7 Å². The van der Waals surface area contributed by atoms with Gasteiger partial charge in [0.1, 0.15) is 20.3 Å². The molecule has 0 radical (unpaired) electrons. The molecule has 2 aliphatic carbocycles. The highest BCUT2D eigenvalue weighted by atomic mass is 35.7. The second-order valence-corrected chi connectivity index (χ2v) is 9.81. The summed E-state index contributed by atoms with van der Waals surface area (Å²) >= 11 is 0. The summed E-state index contributed by atoms with van der Waals surface area (Å²) in [5.41, 5.74) is 4.74. The molecule has 0 N–H and O–H groups in total. The number of allylic oxidation sites excluding steroid dienone is 4. The highest BCUT2D eigenvalue weighted by Gasteiger charge is 2.38. The molecule has 0 saturated heterocycles. The van der Waals surface area contributed by atoms with Crippen LogP contribution in [-0.4, -0.2) is 12.0 Å². The van der Waals surface area contributed by atoms with Crippen LogP contribution in [0.4, 0.5) is 0 Å². The third-order valence-electron chi connectivity index (χ3n) is 5.40. The Kier molecular flexibility index (Phi) is 5.47. The second kappa shape index (κ2) is 7.70. The zero-order chi connectivity index (χ0) is 19.0. The fourth-order valence-electron chi connectivity index (χ4n) is 4.28. The van der Waals surface area contributed by atoms with Gasteiger partial charge in [0.15, 0.2) is 0 Å². The van der Waals surface area contributed by atoms with Crippen molar-refractivity contribution in [1.29, 1.82) is 0 Å². The molecule has 0 spiro atoms. The van der Waals surface area contributed by atoms with Crippen molar-refractivity contribution in [3.63, 3.8) is 0 Å². The fourth-order valence-corrected chi connectivity index (χ4v) is 7.32. The Bertz CT molecular complexity index is 833. The van der Waals surface area contributed by atoms with E-state index in [-0.39, 0.29) is 0 Å². The van der Waals surface area contributed by atoms with E-state index in [2.05, 4.69) is 12.1 Å². The Morgan fingerprint density at radius 1 is 0.852 bits per heavy atom. The van der Waals surface area contributed by atoms with Gasteiger partial charge < -0.3 is 4.74 Å². The first-order valence-corrected chi connectivity index (χ1v) is 11.7. The van der Waals surface area contributed by atoms with Crippen LogP contribution in [0.5, 0.6) is 5.75 Å². The Hall–Kier alpha value is -1.15. The summed E-state index contributed by atoms with van der Waals surface area (Å²) < 4.78 is 44.6. The zero-order valence-corrected chi connectivity index (χ0v) is 16.9. The van der Waals surface area contributed by atoms with Crippen molar-refractivity contribution in [3.8, 4) is 5.75 Å². The van der Waals surface area contributed by atoms with Gasteiger partial charge in [0, 0.05) is 9.77 Å². The molecule has 5 nitrogen and oxygen atoms in total. The average molecular weight is 411 g/mol. The molecule has 27 heavy (non-hydrogen) atoms. The van der Waals surface area contributed by atoms with Crippen molar-refractivity contribution >= 4 is 21.2 Å². The topological polar surface area (TPSA) is 87.6 Å². The van der Waals surface area contributed by atoms with E-state index in [4.69, 9.17) is 8.47 Å². The molecule has 1 aliphatic heterocycles. The Labute approximate surface area is 164 Å². The van der Waals surface area contributed by atoms with Gasteiger partial charge in [-0.15, -0.1) is 0 Å². The number of benzene rings is 1. The Morgan fingerprint density at radius 3 is 2.15 bits per heavy atom. The van der Waals surface area contributed by atoms with Gasteiger partial charge in [0.05, 0.1) is 17.4 Å². The molecule has 146 valence electrons. The van der Waals surface area contributed by atoms with Crippen molar-refractivity contribution in [2.75, 3.05) is 7.11 Å². The van der Waals surface area contributed by atoms with E-state index in [1.165, 1.54) is 16.7 Å². The summed E-state index contributed by atoms with van der Waals surface area (Å²) in [7, 11) is -3.85. The lowest BCUT2D eigenvalue weighted by molar-refractivity contribution is -1.91. The van der Waals surface area contributed by atoms with Gasteiger partial charge in [-0.2, -0.15) is 14.0 Å². The molecule has 1 heterocycles. The molecule has 0 amide bonds. The molecule has 1 aromatic carbocycles. The van der Waals surface area contributed by atoms with Gasteiger partial charge in [-0.3, -0.25) is 0 Å². The number of hydrogen-bond donors (Lipinski definition) is 0. The predicted molar refractivity (Wildman–Crippen MR) is 97.6 cm³/mol. The lowest BCUT2D eigenvalue weighted by Gasteiger charge is -2.34. The number of rotatable bonds is 4. The summed E-state index contributed by atoms with van der Waals surface area (Å²) in [6.45, 7) is 0. The van der Waals surface area contributed by atoms with Crippen LogP contribution in [-0.2, 0) is 3.74 Å². The van der Waals surface area contributed by atoms with E-state index in [9.17, 15) is 14.0 Å². The van der Waals surface area contributed by atoms with Gasteiger partial charge in [0.25, 0.3) is 0 Å². The lowest BCUT2D eigenvalue weighted by atomic mass is 9.81. The molecular weight excluding hydrogens is 388 g/mol. The molecule has 3 aliphatic rings. The minimum absolute atomic E-state index is 0.792. The number of ether oxygens (including phenoxy) is 1. The quantitative estimate of drug-likeness (QED) is 0.709. The molecule has 0 bridgehead atoms. The number of methoxy groups -OCH3 is 1. The first kappa shape index (κ1) is 19.2. The lowest BCUT2D eigenvalue weighted by Crippen LogP contribution is -2.60. The van der Waals surface area contributed by atoms with Crippen molar-refractivity contribution < 1.29 is 32.7 Å².